The van der Waals surface area contributed by atoms with E-state index in [1.807, 2.05) is 0 Å². The predicted octanol–water partition coefficient (Wildman–Crippen LogP) is 3.00. The summed E-state index contributed by atoms with van der Waals surface area (Å²) in [6.45, 7) is 0. The van der Waals surface area contributed by atoms with E-state index in [-0.39, 0.29) is 11.4 Å². The molecule has 0 aliphatic heterocycles. The van der Waals surface area contributed by atoms with Crippen LogP contribution in [0.25, 0.3) is 5.65 Å². The van der Waals surface area contributed by atoms with E-state index < -0.39 is 17.6 Å². The van der Waals surface area contributed by atoms with Crippen LogP contribution in [0.1, 0.15) is 16.1 Å². The lowest BCUT2D eigenvalue weighted by atomic mass is 10.2. The fourth-order valence-corrected chi connectivity index (χ4v) is 1.94. The second-order valence-electron chi connectivity index (χ2n) is 4.46. The Balaban J connectivity index is 1.84. The van der Waals surface area contributed by atoms with E-state index in [0.29, 0.717) is 5.65 Å². The van der Waals surface area contributed by atoms with Crippen molar-refractivity contribution in [2.75, 3.05) is 5.32 Å². The molecule has 0 unspecified atom stereocenters. The molecule has 0 atom stereocenters. The van der Waals surface area contributed by atoms with Gasteiger partial charge in [0.1, 0.15) is 5.69 Å². The van der Waals surface area contributed by atoms with Crippen molar-refractivity contribution in [1.29, 1.82) is 0 Å². The van der Waals surface area contributed by atoms with Gasteiger partial charge in [-0.3, -0.25) is 4.79 Å². The van der Waals surface area contributed by atoms with E-state index in [9.17, 15) is 18.0 Å². The Labute approximate surface area is 122 Å². The number of carbonyl (C=O) groups excluding carboxylic acids is 1. The highest BCUT2D eigenvalue weighted by atomic mass is 19.4. The van der Waals surface area contributed by atoms with Crippen molar-refractivity contribution in [1.82, 2.24) is 14.6 Å². The lowest BCUT2D eigenvalue weighted by molar-refractivity contribution is -0.137. The molecule has 0 fully saturated rings. The van der Waals surface area contributed by atoms with Crippen LogP contribution in [0.4, 0.5) is 18.9 Å². The third-order valence-corrected chi connectivity index (χ3v) is 2.99. The lowest BCUT2D eigenvalue weighted by Gasteiger charge is -2.09. The minimum absolute atomic E-state index is 0.231. The Bertz CT molecular complexity index is 824. The van der Waals surface area contributed by atoms with Gasteiger partial charge in [0.15, 0.2) is 5.65 Å². The number of hydrogen-bond donors (Lipinski definition) is 1. The van der Waals surface area contributed by atoms with Crippen LogP contribution in [-0.4, -0.2) is 20.5 Å². The number of alkyl halides is 3. The summed E-state index contributed by atoms with van der Waals surface area (Å²) < 4.78 is 38.8. The summed E-state index contributed by atoms with van der Waals surface area (Å²) in [4.78, 5) is 16.2. The zero-order chi connectivity index (χ0) is 15.7. The van der Waals surface area contributed by atoms with Crippen LogP contribution in [-0.2, 0) is 6.18 Å². The van der Waals surface area contributed by atoms with Gasteiger partial charge in [-0.15, -0.1) is 0 Å². The number of benzene rings is 1. The van der Waals surface area contributed by atoms with Gasteiger partial charge in [-0.1, -0.05) is 0 Å². The van der Waals surface area contributed by atoms with Gasteiger partial charge in [0.05, 0.1) is 11.8 Å². The molecule has 1 amide bonds. The van der Waals surface area contributed by atoms with Gasteiger partial charge in [0, 0.05) is 18.0 Å². The first-order chi connectivity index (χ1) is 10.4. The van der Waals surface area contributed by atoms with Crippen LogP contribution in [0, 0.1) is 0 Å². The molecule has 0 radical (unpaired) electrons. The van der Waals surface area contributed by atoms with Crippen molar-refractivity contribution < 1.29 is 18.0 Å². The van der Waals surface area contributed by atoms with Crippen molar-refractivity contribution in [3.05, 3.63) is 60.0 Å². The molecule has 2 heterocycles. The van der Waals surface area contributed by atoms with Crippen molar-refractivity contribution >= 4 is 17.2 Å². The SMILES string of the molecule is O=C(Nc1ccc(C(F)(F)F)cc1)c1ccnc2ccnn12. The lowest BCUT2D eigenvalue weighted by Crippen LogP contribution is -2.17. The highest BCUT2D eigenvalue weighted by Gasteiger charge is 2.30. The first-order valence-corrected chi connectivity index (χ1v) is 6.22. The van der Waals surface area contributed by atoms with Gasteiger partial charge < -0.3 is 5.32 Å². The summed E-state index contributed by atoms with van der Waals surface area (Å²) in [6.07, 6.45) is -1.45. The third kappa shape index (κ3) is 2.62. The highest BCUT2D eigenvalue weighted by molar-refractivity contribution is 6.03. The maximum atomic E-state index is 12.5. The number of nitrogens with zero attached hydrogens (tertiary/aromatic N) is 3. The number of fused-ring (bicyclic) bond motifs is 1. The molecule has 3 aromatic rings. The average Bonchev–Trinajstić information content (AvgIpc) is 2.95. The summed E-state index contributed by atoms with van der Waals surface area (Å²) in [5, 5.41) is 6.50. The predicted molar refractivity (Wildman–Crippen MR) is 72.4 cm³/mol. The van der Waals surface area contributed by atoms with Gasteiger partial charge in [-0.2, -0.15) is 18.3 Å². The number of aromatic nitrogens is 3. The first kappa shape index (κ1) is 14.1. The number of halogens is 3. The van der Waals surface area contributed by atoms with Crippen molar-refractivity contribution in [3.8, 4) is 0 Å². The van der Waals surface area contributed by atoms with Crippen LogP contribution >= 0.6 is 0 Å². The molecule has 5 nitrogen and oxygen atoms in total. The normalized spacial score (nSPS) is 11.6. The number of anilines is 1. The maximum Gasteiger partial charge on any atom is 0.416 e. The van der Waals surface area contributed by atoms with Gasteiger partial charge in [0.25, 0.3) is 5.91 Å². The Hall–Kier alpha value is -2.90. The molecular weight excluding hydrogens is 297 g/mol. The monoisotopic (exact) mass is 306 g/mol. The quantitative estimate of drug-likeness (QED) is 0.792. The molecule has 1 aromatic carbocycles. The number of carbonyl (C=O) groups is 1. The Kier molecular flexibility index (Phi) is 3.28. The largest absolute Gasteiger partial charge is 0.416 e. The Morgan fingerprint density at radius 2 is 1.77 bits per heavy atom. The Morgan fingerprint density at radius 3 is 2.45 bits per heavy atom. The summed E-state index contributed by atoms with van der Waals surface area (Å²) in [5.41, 5.74) is 0.217. The fraction of sp³-hybridized carbons (Fsp3) is 0.0714. The van der Waals surface area contributed by atoms with E-state index >= 15 is 0 Å². The molecule has 3 rings (SSSR count). The van der Waals surface area contributed by atoms with Crippen LogP contribution in [0.3, 0.4) is 0 Å². The van der Waals surface area contributed by atoms with E-state index in [4.69, 9.17) is 0 Å². The minimum atomic E-state index is -4.41. The summed E-state index contributed by atoms with van der Waals surface area (Å²) in [6, 6.07) is 7.32. The second kappa shape index (κ2) is 5.14. The van der Waals surface area contributed by atoms with Gasteiger partial charge in [-0.25, -0.2) is 9.50 Å². The van der Waals surface area contributed by atoms with E-state index in [1.54, 1.807) is 6.07 Å². The summed E-state index contributed by atoms with van der Waals surface area (Å²) in [7, 11) is 0. The average molecular weight is 306 g/mol. The molecule has 22 heavy (non-hydrogen) atoms. The molecule has 112 valence electrons. The molecule has 0 saturated heterocycles. The van der Waals surface area contributed by atoms with Crippen LogP contribution in [0.15, 0.2) is 48.8 Å². The smallest absolute Gasteiger partial charge is 0.321 e. The van der Waals surface area contributed by atoms with Crippen molar-refractivity contribution in [2.45, 2.75) is 6.18 Å². The number of rotatable bonds is 2. The summed E-state index contributed by atoms with van der Waals surface area (Å²) in [5.74, 6) is -0.490. The van der Waals surface area contributed by atoms with Crippen molar-refractivity contribution in [3.63, 3.8) is 0 Å². The fourth-order valence-electron chi connectivity index (χ4n) is 1.94. The number of amides is 1. The molecule has 2 aromatic heterocycles. The molecular formula is C14H9F3N4O. The zero-order valence-electron chi connectivity index (χ0n) is 11.0. The molecule has 8 heteroatoms. The van der Waals surface area contributed by atoms with Gasteiger partial charge in [-0.05, 0) is 30.3 Å². The standard InChI is InChI=1S/C14H9F3N4O/c15-14(16,17)9-1-3-10(4-2-9)20-13(22)11-5-7-18-12-6-8-19-21(11)12/h1-8H,(H,20,22). The maximum absolute atomic E-state index is 12.5. The van der Waals surface area contributed by atoms with E-state index in [1.165, 1.54) is 35.1 Å². The molecule has 0 aliphatic carbocycles. The summed E-state index contributed by atoms with van der Waals surface area (Å²) >= 11 is 0. The topological polar surface area (TPSA) is 59.3 Å². The van der Waals surface area contributed by atoms with Crippen LogP contribution in [0.2, 0.25) is 0 Å². The van der Waals surface area contributed by atoms with Gasteiger partial charge in [0.2, 0.25) is 0 Å². The molecule has 0 saturated carbocycles. The second-order valence-corrected chi connectivity index (χ2v) is 4.46. The number of nitrogens with one attached hydrogen (secondary N) is 1. The molecule has 0 bridgehead atoms. The van der Waals surface area contributed by atoms with E-state index in [2.05, 4.69) is 15.4 Å². The molecule has 1 N–H and O–H groups in total. The van der Waals surface area contributed by atoms with E-state index in [0.717, 1.165) is 12.1 Å². The van der Waals surface area contributed by atoms with Gasteiger partial charge >= 0.3 is 6.18 Å². The first-order valence-electron chi connectivity index (χ1n) is 6.22. The van der Waals surface area contributed by atoms with Crippen LogP contribution in [0.5, 0.6) is 0 Å². The van der Waals surface area contributed by atoms with Crippen LogP contribution < -0.4 is 5.32 Å². The van der Waals surface area contributed by atoms with Crippen molar-refractivity contribution in [2.24, 2.45) is 0 Å². The zero-order valence-corrected chi connectivity index (χ0v) is 11.0. The highest BCUT2D eigenvalue weighted by Crippen LogP contribution is 2.29. The minimum Gasteiger partial charge on any atom is -0.321 e. The molecule has 0 aliphatic rings. The Morgan fingerprint density at radius 1 is 1.05 bits per heavy atom. The number of hydrogen-bond acceptors (Lipinski definition) is 3. The third-order valence-electron chi connectivity index (χ3n) is 2.99. The molecule has 0 spiro atoms.